The lowest BCUT2D eigenvalue weighted by molar-refractivity contribution is -0.143. The van der Waals surface area contributed by atoms with Gasteiger partial charge in [0.1, 0.15) is 23.9 Å². The van der Waals surface area contributed by atoms with Gasteiger partial charge in [-0.15, -0.1) is 0 Å². The SMILES string of the molecule is CSCCC(N)C(=O)NC(CC(=O)O)C(=O)NC(CCCCN)C(=O)NC(Cc1ccc(O)cc1)C(=O)O. The van der Waals surface area contributed by atoms with Gasteiger partial charge in [0, 0.05) is 6.42 Å². The quantitative estimate of drug-likeness (QED) is 0.104. The molecule has 4 unspecified atom stereocenters. The number of carbonyl (C=O) groups excluding carboxylic acids is 3. The van der Waals surface area contributed by atoms with Gasteiger partial charge in [0.25, 0.3) is 0 Å². The number of phenols is 1. The van der Waals surface area contributed by atoms with Gasteiger partial charge in [0.05, 0.1) is 12.5 Å². The van der Waals surface area contributed by atoms with Crippen LogP contribution < -0.4 is 27.4 Å². The van der Waals surface area contributed by atoms with Gasteiger partial charge in [-0.2, -0.15) is 11.8 Å². The summed E-state index contributed by atoms with van der Waals surface area (Å²) >= 11 is 1.47. The van der Waals surface area contributed by atoms with E-state index in [-0.39, 0.29) is 18.6 Å². The van der Waals surface area contributed by atoms with Gasteiger partial charge in [-0.25, -0.2) is 4.79 Å². The number of thioether (sulfide) groups is 1. The van der Waals surface area contributed by atoms with E-state index in [1.807, 2.05) is 6.26 Å². The van der Waals surface area contributed by atoms with Crippen LogP contribution in [0.5, 0.6) is 5.75 Å². The average molecular weight is 556 g/mol. The zero-order valence-electron chi connectivity index (χ0n) is 21.2. The molecule has 0 fully saturated rings. The molecule has 0 aliphatic rings. The highest BCUT2D eigenvalue weighted by atomic mass is 32.2. The molecular formula is C24H37N5O8S. The van der Waals surface area contributed by atoms with Crippen molar-refractivity contribution in [3.8, 4) is 5.75 Å². The third kappa shape index (κ3) is 12.3. The highest BCUT2D eigenvalue weighted by Gasteiger charge is 2.31. The van der Waals surface area contributed by atoms with Crippen molar-refractivity contribution < 1.29 is 39.3 Å². The number of hydrogen-bond acceptors (Lipinski definition) is 9. The van der Waals surface area contributed by atoms with Crippen molar-refractivity contribution in [2.24, 2.45) is 11.5 Å². The first-order valence-electron chi connectivity index (χ1n) is 12.1. The summed E-state index contributed by atoms with van der Waals surface area (Å²) in [4.78, 5) is 61.6. The predicted molar refractivity (Wildman–Crippen MR) is 141 cm³/mol. The zero-order chi connectivity index (χ0) is 28.7. The summed E-state index contributed by atoms with van der Waals surface area (Å²) in [6, 6.07) is 0.788. The summed E-state index contributed by atoms with van der Waals surface area (Å²) in [7, 11) is 0. The first kappa shape index (κ1) is 32.7. The van der Waals surface area contributed by atoms with Crippen molar-refractivity contribution in [2.75, 3.05) is 18.6 Å². The van der Waals surface area contributed by atoms with E-state index in [4.69, 9.17) is 11.5 Å². The molecule has 0 bridgehead atoms. The first-order valence-corrected chi connectivity index (χ1v) is 13.5. The Morgan fingerprint density at radius 3 is 2.00 bits per heavy atom. The molecule has 0 saturated carbocycles. The van der Waals surface area contributed by atoms with Crippen molar-refractivity contribution in [3.63, 3.8) is 0 Å². The van der Waals surface area contributed by atoms with E-state index in [0.717, 1.165) is 0 Å². The monoisotopic (exact) mass is 555 g/mol. The lowest BCUT2D eigenvalue weighted by Gasteiger charge is -2.25. The number of phenolic OH excluding ortho intramolecular Hbond substituents is 1. The zero-order valence-corrected chi connectivity index (χ0v) is 22.0. The molecule has 0 spiro atoms. The van der Waals surface area contributed by atoms with Crippen LogP contribution in [0, 0.1) is 0 Å². The Morgan fingerprint density at radius 1 is 0.868 bits per heavy atom. The Balaban J connectivity index is 3.01. The van der Waals surface area contributed by atoms with Crippen molar-refractivity contribution in [1.29, 1.82) is 0 Å². The summed E-state index contributed by atoms with van der Waals surface area (Å²) in [5.74, 6) is -4.50. The summed E-state index contributed by atoms with van der Waals surface area (Å²) in [6.07, 6.45) is 2.35. The van der Waals surface area contributed by atoms with E-state index in [1.165, 1.54) is 36.0 Å². The summed E-state index contributed by atoms with van der Waals surface area (Å²) < 4.78 is 0. The summed E-state index contributed by atoms with van der Waals surface area (Å²) in [6.45, 7) is 0.326. The van der Waals surface area contributed by atoms with Crippen molar-refractivity contribution in [1.82, 2.24) is 16.0 Å². The molecule has 0 saturated heterocycles. The summed E-state index contributed by atoms with van der Waals surface area (Å²) in [5.41, 5.74) is 11.9. The minimum Gasteiger partial charge on any atom is -0.508 e. The largest absolute Gasteiger partial charge is 0.508 e. The van der Waals surface area contributed by atoms with Crippen LogP contribution in [0.3, 0.4) is 0 Å². The molecule has 38 heavy (non-hydrogen) atoms. The number of amides is 3. The van der Waals surface area contributed by atoms with E-state index in [1.54, 1.807) is 0 Å². The molecule has 14 heteroatoms. The molecule has 0 aromatic heterocycles. The highest BCUT2D eigenvalue weighted by molar-refractivity contribution is 7.98. The molecule has 0 aliphatic heterocycles. The number of carboxylic acid groups (broad SMARTS) is 2. The molecule has 10 N–H and O–H groups in total. The van der Waals surface area contributed by atoms with E-state index < -0.39 is 60.2 Å². The minimum absolute atomic E-state index is 0.000514. The topological polar surface area (TPSA) is 234 Å². The Hall–Kier alpha value is -3.36. The molecule has 4 atom stereocenters. The molecule has 212 valence electrons. The average Bonchev–Trinajstić information content (AvgIpc) is 2.86. The molecule has 0 radical (unpaired) electrons. The van der Waals surface area contributed by atoms with Gasteiger partial charge in [-0.1, -0.05) is 12.1 Å². The maximum atomic E-state index is 13.0. The van der Waals surface area contributed by atoms with Crippen LogP contribution in [0.15, 0.2) is 24.3 Å². The number of rotatable bonds is 18. The Bertz CT molecular complexity index is 946. The number of carboxylic acids is 2. The molecule has 3 amide bonds. The molecule has 1 rings (SSSR count). The predicted octanol–water partition coefficient (Wildman–Crippen LogP) is -0.842. The standard InChI is InChI=1S/C24H37N5O8S/c1-38-11-9-16(26)21(33)28-18(13-20(31)32)23(35)27-17(4-2-3-10-25)22(34)29-19(24(36)37)12-14-5-7-15(30)8-6-14/h5-8,16-19,30H,2-4,9-13,25-26H2,1H3,(H,27,35)(H,28,33)(H,29,34)(H,31,32)(H,36,37). The number of carbonyl (C=O) groups is 5. The molecule has 1 aromatic carbocycles. The summed E-state index contributed by atoms with van der Waals surface area (Å²) in [5, 5.41) is 35.5. The van der Waals surface area contributed by atoms with Crippen LogP contribution >= 0.6 is 11.8 Å². The smallest absolute Gasteiger partial charge is 0.326 e. The Morgan fingerprint density at radius 2 is 1.45 bits per heavy atom. The second-order valence-corrected chi connectivity index (χ2v) is 9.65. The van der Waals surface area contributed by atoms with E-state index in [0.29, 0.717) is 37.1 Å². The fraction of sp³-hybridized carbons (Fsp3) is 0.542. The van der Waals surface area contributed by atoms with Gasteiger partial charge in [0.15, 0.2) is 0 Å². The third-order valence-corrected chi connectivity index (χ3v) is 6.20. The van der Waals surface area contributed by atoms with E-state index in [2.05, 4.69) is 16.0 Å². The number of hydrogen-bond donors (Lipinski definition) is 8. The van der Waals surface area contributed by atoms with Gasteiger partial charge in [0.2, 0.25) is 17.7 Å². The minimum atomic E-state index is -1.50. The fourth-order valence-corrected chi connectivity index (χ4v) is 3.90. The number of nitrogens with one attached hydrogen (secondary N) is 3. The van der Waals surface area contributed by atoms with Crippen molar-refractivity contribution in [3.05, 3.63) is 29.8 Å². The van der Waals surface area contributed by atoms with Crippen LogP contribution in [0.4, 0.5) is 0 Å². The lowest BCUT2D eigenvalue weighted by atomic mass is 10.0. The van der Waals surface area contributed by atoms with Gasteiger partial charge < -0.3 is 42.7 Å². The maximum Gasteiger partial charge on any atom is 0.326 e. The Kier molecular flexibility index (Phi) is 14.8. The number of aliphatic carboxylic acids is 2. The fourth-order valence-electron chi connectivity index (χ4n) is 3.41. The molecule has 1 aromatic rings. The molecule has 0 heterocycles. The van der Waals surface area contributed by atoms with Gasteiger partial charge >= 0.3 is 11.9 Å². The second-order valence-electron chi connectivity index (χ2n) is 8.66. The van der Waals surface area contributed by atoms with Crippen LogP contribution in [0.2, 0.25) is 0 Å². The number of benzene rings is 1. The molecule has 13 nitrogen and oxygen atoms in total. The van der Waals surface area contributed by atoms with Crippen LogP contribution in [0.25, 0.3) is 0 Å². The van der Waals surface area contributed by atoms with E-state index >= 15 is 0 Å². The van der Waals surface area contributed by atoms with Crippen LogP contribution in [-0.2, 0) is 30.4 Å². The molecule has 0 aliphatic carbocycles. The number of aromatic hydroxyl groups is 1. The maximum absolute atomic E-state index is 13.0. The van der Waals surface area contributed by atoms with Gasteiger partial charge in [-0.3, -0.25) is 19.2 Å². The van der Waals surface area contributed by atoms with Crippen LogP contribution in [-0.4, -0.2) is 87.7 Å². The normalized spacial score (nSPS) is 14.0. The van der Waals surface area contributed by atoms with Crippen LogP contribution in [0.1, 0.15) is 37.7 Å². The number of unbranched alkanes of at least 4 members (excludes halogenated alkanes) is 1. The molecular weight excluding hydrogens is 518 g/mol. The van der Waals surface area contributed by atoms with Gasteiger partial charge in [-0.05, 0) is 61.9 Å². The van der Waals surface area contributed by atoms with Crippen molar-refractivity contribution >= 4 is 41.4 Å². The van der Waals surface area contributed by atoms with E-state index in [9.17, 15) is 39.3 Å². The Labute approximate surface area is 225 Å². The second kappa shape index (κ2) is 17.2. The van der Waals surface area contributed by atoms with Crippen molar-refractivity contribution in [2.45, 2.75) is 62.7 Å². The lowest BCUT2D eigenvalue weighted by Crippen LogP contribution is -2.57. The number of nitrogens with two attached hydrogens (primary N) is 2. The third-order valence-electron chi connectivity index (χ3n) is 5.55. The highest BCUT2D eigenvalue weighted by Crippen LogP contribution is 2.12. The first-order chi connectivity index (χ1) is 18.0.